The number of thiocarbonyl (C=S) groups is 1. The Balaban J connectivity index is 2.45. The minimum Gasteiger partial charge on any atom is -0.393 e. The van der Waals surface area contributed by atoms with Crippen LogP contribution in [-0.2, 0) is 9.53 Å². The first kappa shape index (κ1) is 16.1. The van der Waals surface area contributed by atoms with E-state index in [9.17, 15) is 4.79 Å². The zero-order valence-corrected chi connectivity index (χ0v) is 12.5. The molecule has 0 aromatic carbocycles. The standard InChI is InChI=1S/C14H24N2O2S/c1-18-11-14(17)16(10-8-13(15)19)9-7-12-5-3-2-4-6-12/h5H,2-4,6-11H2,1H3,(H2,15,19). The van der Waals surface area contributed by atoms with Crippen molar-refractivity contribution >= 4 is 23.1 Å². The van der Waals surface area contributed by atoms with Gasteiger partial charge in [-0.2, -0.15) is 0 Å². The Hall–Kier alpha value is -0.940. The number of hydrogen-bond donors (Lipinski definition) is 1. The van der Waals surface area contributed by atoms with Crippen molar-refractivity contribution in [2.24, 2.45) is 5.73 Å². The summed E-state index contributed by atoms with van der Waals surface area (Å²) in [5.74, 6) is 0.00941. The molecule has 4 nitrogen and oxygen atoms in total. The molecule has 1 rings (SSSR count). The Bertz CT molecular complexity index is 342. The summed E-state index contributed by atoms with van der Waals surface area (Å²) >= 11 is 4.87. The van der Waals surface area contributed by atoms with E-state index in [0.717, 1.165) is 13.0 Å². The molecule has 0 aromatic rings. The van der Waals surface area contributed by atoms with Gasteiger partial charge in [0.2, 0.25) is 5.91 Å². The van der Waals surface area contributed by atoms with E-state index in [1.165, 1.54) is 38.4 Å². The molecule has 108 valence electrons. The number of ether oxygens (including phenoxy) is 1. The van der Waals surface area contributed by atoms with Gasteiger partial charge in [0.15, 0.2) is 0 Å². The van der Waals surface area contributed by atoms with Crippen LogP contribution in [0.4, 0.5) is 0 Å². The molecule has 1 amide bonds. The second-order valence-electron chi connectivity index (χ2n) is 4.89. The number of nitrogens with two attached hydrogens (primary N) is 1. The lowest BCUT2D eigenvalue weighted by molar-refractivity contribution is -0.135. The molecule has 1 aliphatic carbocycles. The molecule has 0 unspecified atom stereocenters. The van der Waals surface area contributed by atoms with Crippen LogP contribution in [0.15, 0.2) is 11.6 Å². The van der Waals surface area contributed by atoms with Crippen molar-refractivity contribution < 1.29 is 9.53 Å². The predicted molar refractivity (Wildman–Crippen MR) is 81.0 cm³/mol. The molecule has 0 aromatic heterocycles. The summed E-state index contributed by atoms with van der Waals surface area (Å²) in [6, 6.07) is 0. The molecular formula is C14H24N2O2S. The van der Waals surface area contributed by atoms with Crippen LogP contribution >= 0.6 is 12.2 Å². The predicted octanol–water partition coefficient (Wildman–Crippen LogP) is 2.03. The maximum Gasteiger partial charge on any atom is 0.248 e. The van der Waals surface area contributed by atoms with E-state index in [4.69, 9.17) is 22.7 Å². The zero-order chi connectivity index (χ0) is 14.1. The van der Waals surface area contributed by atoms with Gasteiger partial charge in [0.25, 0.3) is 0 Å². The van der Waals surface area contributed by atoms with Crippen LogP contribution in [0.1, 0.15) is 38.5 Å². The molecule has 1 aliphatic rings. The first-order valence-electron chi connectivity index (χ1n) is 6.86. The monoisotopic (exact) mass is 284 g/mol. The number of nitrogens with zero attached hydrogens (tertiary/aromatic N) is 1. The van der Waals surface area contributed by atoms with Crippen molar-refractivity contribution in [2.75, 3.05) is 26.8 Å². The van der Waals surface area contributed by atoms with E-state index in [0.29, 0.717) is 18.0 Å². The summed E-state index contributed by atoms with van der Waals surface area (Å²) in [6.45, 7) is 1.44. The van der Waals surface area contributed by atoms with Gasteiger partial charge in [-0.15, -0.1) is 0 Å². The van der Waals surface area contributed by atoms with Gasteiger partial charge in [-0.25, -0.2) is 0 Å². The quantitative estimate of drug-likeness (QED) is 0.547. The van der Waals surface area contributed by atoms with Gasteiger partial charge < -0.3 is 15.4 Å². The fourth-order valence-electron chi connectivity index (χ4n) is 2.23. The minimum absolute atomic E-state index is 0.00941. The van der Waals surface area contributed by atoms with Gasteiger partial charge in [0.05, 0.1) is 4.99 Å². The Morgan fingerprint density at radius 2 is 2.26 bits per heavy atom. The molecule has 2 N–H and O–H groups in total. The number of carbonyl (C=O) groups is 1. The second-order valence-corrected chi connectivity index (χ2v) is 5.41. The maximum atomic E-state index is 11.9. The summed E-state index contributed by atoms with van der Waals surface area (Å²) in [4.78, 5) is 14.2. The number of rotatable bonds is 8. The van der Waals surface area contributed by atoms with Crippen molar-refractivity contribution in [3.05, 3.63) is 11.6 Å². The highest BCUT2D eigenvalue weighted by Gasteiger charge is 2.14. The maximum absolute atomic E-state index is 11.9. The van der Waals surface area contributed by atoms with Crippen molar-refractivity contribution in [2.45, 2.75) is 38.5 Å². The number of methoxy groups -OCH3 is 1. The molecule has 0 saturated carbocycles. The van der Waals surface area contributed by atoms with Crippen LogP contribution < -0.4 is 5.73 Å². The van der Waals surface area contributed by atoms with Crippen LogP contribution in [0.2, 0.25) is 0 Å². The molecule has 0 aliphatic heterocycles. The Kier molecular flexibility index (Phi) is 7.67. The SMILES string of the molecule is COCC(=O)N(CCC(N)=S)CCC1=CCCCC1. The summed E-state index contributed by atoms with van der Waals surface area (Å²) in [5.41, 5.74) is 6.97. The lowest BCUT2D eigenvalue weighted by atomic mass is 9.97. The first-order valence-corrected chi connectivity index (χ1v) is 7.27. The Morgan fingerprint density at radius 1 is 1.47 bits per heavy atom. The highest BCUT2D eigenvalue weighted by molar-refractivity contribution is 7.80. The smallest absolute Gasteiger partial charge is 0.248 e. The molecule has 0 spiro atoms. The van der Waals surface area contributed by atoms with Crippen LogP contribution in [0.5, 0.6) is 0 Å². The van der Waals surface area contributed by atoms with Crippen LogP contribution in [-0.4, -0.2) is 42.6 Å². The third-order valence-corrected chi connectivity index (χ3v) is 3.54. The van der Waals surface area contributed by atoms with E-state index >= 15 is 0 Å². The van der Waals surface area contributed by atoms with E-state index in [1.54, 1.807) is 4.90 Å². The van der Waals surface area contributed by atoms with E-state index in [-0.39, 0.29) is 12.5 Å². The second kappa shape index (κ2) is 9.04. The third-order valence-electron chi connectivity index (χ3n) is 3.34. The largest absolute Gasteiger partial charge is 0.393 e. The van der Waals surface area contributed by atoms with Gasteiger partial charge >= 0.3 is 0 Å². The van der Waals surface area contributed by atoms with E-state index < -0.39 is 0 Å². The zero-order valence-electron chi connectivity index (χ0n) is 11.7. The van der Waals surface area contributed by atoms with Gasteiger partial charge in [-0.3, -0.25) is 4.79 Å². The van der Waals surface area contributed by atoms with Crippen LogP contribution in [0.25, 0.3) is 0 Å². The lowest BCUT2D eigenvalue weighted by Crippen LogP contribution is -2.37. The summed E-state index contributed by atoms with van der Waals surface area (Å²) < 4.78 is 4.91. The molecule has 0 fully saturated rings. The number of allylic oxidation sites excluding steroid dienone is 1. The highest BCUT2D eigenvalue weighted by atomic mass is 32.1. The van der Waals surface area contributed by atoms with Crippen molar-refractivity contribution in [1.82, 2.24) is 4.90 Å². The molecule has 5 heteroatoms. The number of amides is 1. The number of hydrogen-bond acceptors (Lipinski definition) is 3. The van der Waals surface area contributed by atoms with Gasteiger partial charge in [0, 0.05) is 26.6 Å². The van der Waals surface area contributed by atoms with Gasteiger partial charge in [-0.1, -0.05) is 23.9 Å². The van der Waals surface area contributed by atoms with Crippen molar-refractivity contribution in [3.63, 3.8) is 0 Å². The van der Waals surface area contributed by atoms with Crippen molar-refractivity contribution in [3.8, 4) is 0 Å². The molecule has 0 atom stereocenters. The van der Waals surface area contributed by atoms with Gasteiger partial charge in [0.1, 0.15) is 6.61 Å². The normalized spacial score (nSPS) is 14.9. The summed E-state index contributed by atoms with van der Waals surface area (Å²) in [7, 11) is 1.54. The molecule has 19 heavy (non-hydrogen) atoms. The molecule has 0 heterocycles. The van der Waals surface area contributed by atoms with Crippen LogP contribution in [0.3, 0.4) is 0 Å². The lowest BCUT2D eigenvalue weighted by Gasteiger charge is -2.23. The fraction of sp³-hybridized carbons (Fsp3) is 0.714. The molecule has 0 saturated heterocycles. The Labute approximate surface area is 121 Å². The highest BCUT2D eigenvalue weighted by Crippen LogP contribution is 2.20. The third kappa shape index (κ3) is 6.68. The summed E-state index contributed by atoms with van der Waals surface area (Å²) in [5, 5.41) is 0. The first-order chi connectivity index (χ1) is 9.13. The Morgan fingerprint density at radius 3 is 2.84 bits per heavy atom. The van der Waals surface area contributed by atoms with E-state index in [2.05, 4.69) is 6.08 Å². The average molecular weight is 284 g/mol. The average Bonchev–Trinajstić information content (AvgIpc) is 2.40. The summed E-state index contributed by atoms with van der Waals surface area (Å²) in [6.07, 6.45) is 8.74. The fourth-order valence-corrected chi connectivity index (χ4v) is 2.32. The van der Waals surface area contributed by atoms with Crippen molar-refractivity contribution in [1.29, 1.82) is 0 Å². The minimum atomic E-state index is 0.00941. The number of carbonyl (C=O) groups excluding carboxylic acids is 1. The van der Waals surface area contributed by atoms with Crippen LogP contribution in [0, 0.1) is 0 Å². The molecule has 0 bridgehead atoms. The van der Waals surface area contributed by atoms with E-state index in [1.807, 2.05) is 0 Å². The van der Waals surface area contributed by atoms with Gasteiger partial charge in [-0.05, 0) is 32.1 Å². The molecule has 0 radical (unpaired) electrons. The topological polar surface area (TPSA) is 55.6 Å². The molecular weight excluding hydrogens is 260 g/mol.